The van der Waals surface area contributed by atoms with E-state index in [0.29, 0.717) is 0 Å². The maximum absolute atomic E-state index is 13.4. The molecule has 0 saturated heterocycles. The van der Waals surface area contributed by atoms with Crippen molar-refractivity contribution in [2.24, 2.45) is 5.73 Å². The monoisotopic (exact) mass is 242 g/mol. The molecule has 0 saturated carbocycles. The molecule has 18 heavy (non-hydrogen) atoms. The fourth-order valence-corrected chi connectivity index (χ4v) is 2.29. The predicted octanol–water partition coefficient (Wildman–Crippen LogP) is 3.51. The molecule has 0 amide bonds. The van der Waals surface area contributed by atoms with Crippen LogP contribution in [-0.4, -0.2) is 5.54 Å². The van der Waals surface area contributed by atoms with Gasteiger partial charge in [-0.2, -0.15) is 0 Å². The van der Waals surface area contributed by atoms with Gasteiger partial charge in [0.25, 0.3) is 0 Å². The molecule has 1 nitrogen and oxygen atoms in total. The lowest BCUT2D eigenvalue weighted by Crippen LogP contribution is -2.40. The first kappa shape index (κ1) is 12.8. The minimum absolute atomic E-state index is 0.130. The van der Waals surface area contributed by atoms with E-state index in [2.05, 4.69) is 6.92 Å². The van der Waals surface area contributed by atoms with Crippen LogP contribution in [0.3, 0.4) is 0 Å². The van der Waals surface area contributed by atoms with E-state index in [0.717, 1.165) is 11.1 Å². The van der Waals surface area contributed by atoms with Gasteiger partial charge in [0.2, 0.25) is 0 Å². The smallest absolute Gasteiger partial charge is 0.123 e. The van der Waals surface area contributed by atoms with E-state index >= 15 is 0 Å². The Bertz CT molecular complexity index is 514. The summed E-state index contributed by atoms with van der Waals surface area (Å²) in [6, 6.07) is 16.4. The van der Waals surface area contributed by atoms with E-state index in [4.69, 9.17) is 5.73 Å². The summed E-state index contributed by atoms with van der Waals surface area (Å²) in [5.41, 5.74) is 7.35. The third kappa shape index (κ3) is 2.77. The van der Waals surface area contributed by atoms with Crippen LogP contribution >= 0.6 is 0 Å². The molecule has 2 atom stereocenters. The lowest BCUT2D eigenvalue weighted by Gasteiger charge is -2.31. The average molecular weight is 242 g/mol. The van der Waals surface area contributed by atoms with Gasteiger partial charge in [-0.3, -0.25) is 0 Å². The Morgan fingerprint density at radius 1 is 1.06 bits per heavy atom. The fourth-order valence-electron chi connectivity index (χ4n) is 2.29. The summed E-state index contributed by atoms with van der Waals surface area (Å²) in [5, 5.41) is 0. The zero-order valence-electron chi connectivity index (χ0n) is 10.4. The Kier molecular flexibility index (Phi) is 3.48. The van der Waals surface area contributed by atoms with E-state index < -0.39 is 5.54 Å². The summed E-state index contributed by atoms with van der Waals surface area (Å²) >= 11 is 0. The molecule has 0 fully saturated rings. The molecule has 2 aromatic rings. The molecule has 2 unspecified atom stereocenters. The quantitative estimate of drug-likeness (QED) is 0.875. The zero-order valence-corrected chi connectivity index (χ0v) is 10.4. The van der Waals surface area contributed by atoms with Gasteiger partial charge in [0.1, 0.15) is 5.82 Å². The lowest BCUT2D eigenvalue weighted by atomic mass is 9.78. The zero-order chi connectivity index (χ0) is 13.2. The summed E-state index contributed by atoms with van der Waals surface area (Å²) in [7, 11) is 0. The first-order chi connectivity index (χ1) is 8.48. The summed E-state index contributed by atoms with van der Waals surface area (Å²) in [6.07, 6.45) is 0. The summed E-state index contributed by atoms with van der Waals surface area (Å²) in [6.45, 7) is 5.87. The molecule has 93 valence electrons. The fraction of sp³-hybridized carbons (Fsp3) is 0.188. The molecule has 2 heteroatoms. The molecule has 2 aromatic carbocycles. The van der Waals surface area contributed by atoms with E-state index in [1.807, 2.05) is 43.3 Å². The van der Waals surface area contributed by atoms with Gasteiger partial charge < -0.3 is 5.73 Å². The van der Waals surface area contributed by atoms with Crippen LogP contribution in [0.15, 0.2) is 54.6 Å². The summed E-state index contributed by atoms with van der Waals surface area (Å²) in [5.74, 6) is -0.382. The second-order valence-electron chi connectivity index (χ2n) is 4.90. The Hall–Kier alpha value is -1.67. The number of hydrogen-bond acceptors (Lipinski definition) is 1. The molecular formula is C16H17FN. The Balaban J connectivity index is 2.51. The van der Waals surface area contributed by atoms with Crippen LogP contribution in [0.5, 0.6) is 0 Å². The maximum atomic E-state index is 13.4. The number of nitrogens with two attached hydrogens (primary N) is 1. The Labute approximate surface area is 107 Å². The van der Waals surface area contributed by atoms with Crippen LogP contribution in [0.1, 0.15) is 24.0 Å². The van der Waals surface area contributed by atoms with Crippen molar-refractivity contribution >= 4 is 0 Å². The van der Waals surface area contributed by atoms with Crippen LogP contribution < -0.4 is 5.73 Å². The number of rotatable bonds is 3. The summed E-state index contributed by atoms with van der Waals surface area (Å²) in [4.78, 5) is 0. The van der Waals surface area contributed by atoms with Gasteiger partial charge in [-0.05, 0) is 37.1 Å². The molecular weight excluding hydrogens is 225 g/mol. The van der Waals surface area contributed by atoms with Crippen molar-refractivity contribution in [1.29, 1.82) is 0 Å². The minimum atomic E-state index is -0.699. The van der Waals surface area contributed by atoms with Crippen molar-refractivity contribution in [2.45, 2.75) is 18.4 Å². The van der Waals surface area contributed by atoms with Crippen LogP contribution in [0, 0.1) is 12.7 Å². The molecule has 0 aliphatic carbocycles. The average Bonchev–Trinajstić information content (AvgIpc) is 2.28. The highest BCUT2D eigenvalue weighted by molar-refractivity contribution is 5.37. The lowest BCUT2D eigenvalue weighted by molar-refractivity contribution is 0.505. The minimum Gasteiger partial charge on any atom is -0.324 e. The molecule has 2 rings (SSSR count). The second kappa shape index (κ2) is 4.91. The molecule has 1 radical (unpaired) electrons. The SMILES string of the molecule is [CH2]C(C)(N)C(c1ccccc1)c1cccc(F)c1. The van der Waals surface area contributed by atoms with Crippen molar-refractivity contribution in [3.8, 4) is 0 Å². The van der Waals surface area contributed by atoms with Gasteiger partial charge >= 0.3 is 0 Å². The highest BCUT2D eigenvalue weighted by atomic mass is 19.1. The van der Waals surface area contributed by atoms with Crippen molar-refractivity contribution in [3.63, 3.8) is 0 Å². The Morgan fingerprint density at radius 2 is 1.67 bits per heavy atom. The van der Waals surface area contributed by atoms with Crippen molar-refractivity contribution < 1.29 is 4.39 Å². The van der Waals surface area contributed by atoms with Crippen molar-refractivity contribution in [2.75, 3.05) is 0 Å². The first-order valence-electron chi connectivity index (χ1n) is 5.93. The maximum Gasteiger partial charge on any atom is 0.123 e. The number of halogens is 1. The van der Waals surface area contributed by atoms with E-state index in [1.165, 1.54) is 12.1 Å². The van der Waals surface area contributed by atoms with Gasteiger partial charge in [-0.25, -0.2) is 4.39 Å². The predicted molar refractivity (Wildman–Crippen MR) is 72.6 cm³/mol. The second-order valence-corrected chi connectivity index (χ2v) is 4.90. The normalized spacial score (nSPS) is 13.3. The third-order valence-electron chi connectivity index (χ3n) is 2.97. The molecule has 2 N–H and O–H groups in total. The van der Waals surface area contributed by atoms with Gasteiger partial charge in [-0.1, -0.05) is 42.5 Å². The van der Waals surface area contributed by atoms with Crippen LogP contribution in [-0.2, 0) is 0 Å². The molecule has 0 heterocycles. The highest BCUT2D eigenvalue weighted by Gasteiger charge is 2.28. The molecule has 0 aromatic heterocycles. The van der Waals surface area contributed by atoms with Crippen LogP contribution in [0.2, 0.25) is 0 Å². The highest BCUT2D eigenvalue weighted by Crippen LogP contribution is 2.33. The topological polar surface area (TPSA) is 26.0 Å². The standard InChI is InChI=1S/C16H17FN/c1-16(2,18)15(12-7-4-3-5-8-12)13-9-6-10-14(17)11-13/h3-11,15H,1,18H2,2H3. The molecule has 0 spiro atoms. The Morgan fingerprint density at radius 3 is 2.22 bits per heavy atom. The van der Waals surface area contributed by atoms with Crippen molar-refractivity contribution in [3.05, 3.63) is 78.5 Å². The van der Waals surface area contributed by atoms with Gasteiger partial charge in [0.05, 0.1) is 0 Å². The largest absolute Gasteiger partial charge is 0.324 e. The number of benzene rings is 2. The molecule has 0 aliphatic heterocycles. The van der Waals surface area contributed by atoms with Crippen molar-refractivity contribution in [1.82, 2.24) is 0 Å². The van der Waals surface area contributed by atoms with E-state index in [9.17, 15) is 4.39 Å². The molecule has 0 aliphatic rings. The first-order valence-corrected chi connectivity index (χ1v) is 5.93. The van der Waals surface area contributed by atoms with Crippen LogP contribution in [0.4, 0.5) is 4.39 Å². The molecule has 0 bridgehead atoms. The summed E-state index contributed by atoms with van der Waals surface area (Å²) < 4.78 is 13.4. The van der Waals surface area contributed by atoms with Gasteiger partial charge in [-0.15, -0.1) is 0 Å². The number of hydrogen-bond donors (Lipinski definition) is 1. The van der Waals surface area contributed by atoms with Gasteiger partial charge in [0.15, 0.2) is 0 Å². The third-order valence-corrected chi connectivity index (χ3v) is 2.97. The van der Waals surface area contributed by atoms with E-state index in [-0.39, 0.29) is 11.7 Å². The van der Waals surface area contributed by atoms with Gasteiger partial charge in [0, 0.05) is 11.5 Å². The van der Waals surface area contributed by atoms with Crippen LogP contribution in [0.25, 0.3) is 0 Å². The van der Waals surface area contributed by atoms with E-state index in [1.54, 1.807) is 6.07 Å².